The predicted molar refractivity (Wildman–Crippen MR) is 269 cm³/mol. The molecule has 0 radical (unpaired) electrons. The molecule has 0 bridgehead atoms. The van der Waals surface area contributed by atoms with Gasteiger partial charge in [-0.1, -0.05) is 48.0 Å². The fourth-order valence-corrected chi connectivity index (χ4v) is 12.0. The third kappa shape index (κ3) is 6.84. The van der Waals surface area contributed by atoms with E-state index in [1.165, 1.54) is 205 Å². The molecule has 0 N–H and O–H groups in total. The van der Waals surface area contributed by atoms with Crippen molar-refractivity contribution in [1.82, 2.24) is 0 Å². The van der Waals surface area contributed by atoms with Gasteiger partial charge in [0.15, 0.2) is 0 Å². The zero-order chi connectivity index (χ0) is 42.2. The average Bonchev–Trinajstić information content (AvgIpc) is 3.32. The van der Waals surface area contributed by atoms with Crippen LogP contribution in [0.2, 0.25) is 0 Å². The molecule has 2 nitrogen and oxygen atoms in total. The maximum atomic E-state index is 2.63. The van der Waals surface area contributed by atoms with Crippen LogP contribution in [0.4, 0.5) is 34.1 Å². The number of anilines is 6. The Balaban J connectivity index is 1.15. The number of rotatable bonds is 6. The third-order valence-electron chi connectivity index (χ3n) is 15.6. The summed E-state index contributed by atoms with van der Waals surface area (Å²) >= 11 is 0. The van der Waals surface area contributed by atoms with Gasteiger partial charge in [0.1, 0.15) is 0 Å². The number of hydrogen-bond acceptors (Lipinski definition) is 2. The van der Waals surface area contributed by atoms with Crippen molar-refractivity contribution in [2.45, 2.75) is 124 Å². The van der Waals surface area contributed by atoms with Gasteiger partial charge < -0.3 is 9.80 Å². The SMILES string of the molecule is Cc1ccc2c(c1)c(N(c1ccc3c(c1)CCCC3)c1ccc3c(c1)CCCC3)cc1c3cc(C)c(C)cc3c(N(c3ccc4c(c3)CCCC4)c3ccc4c(c3)CCCC4)cc21. The molecule has 0 amide bonds. The number of nitrogens with zero attached hydrogens (tertiary/aromatic N) is 2. The van der Waals surface area contributed by atoms with Gasteiger partial charge in [0.05, 0.1) is 11.4 Å². The first-order valence-electron chi connectivity index (χ1n) is 24.4. The molecule has 0 saturated carbocycles. The van der Waals surface area contributed by atoms with Gasteiger partial charge in [0.25, 0.3) is 0 Å². The minimum Gasteiger partial charge on any atom is -0.310 e. The molecule has 2 heteroatoms. The number of fused-ring (bicyclic) bond motifs is 9. The Hall–Kier alpha value is -5.86. The first-order valence-corrected chi connectivity index (χ1v) is 24.4. The highest BCUT2D eigenvalue weighted by Crippen LogP contribution is 2.49. The van der Waals surface area contributed by atoms with Gasteiger partial charge in [-0.25, -0.2) is 0 Å². The lowest BCUT2D eigenvalue weighted by Crippen LogP contribution is -2.15. The van der Waals surface area contributed by atoms with E-state index in [1.807, 2.05) is 0 Å². The summed E-state index contributed by atoms with van der Waals surface area (Å²) in [4.78, 5) is 5.25. The summed E-state index contributed by atoms with van der Waals surface area (Å²) in [5.74, 6) is 0. The molecule has 63 heavy (non-hydrogen) atoms. The van der Waals surface area contributed by atoms with E-state index in [0.29, 0.717) is 0 Å². The lowest BCUT2D eigenvalue weighted by Gasteiger charge is -2.32. The molecular formula is C61H60N2. The van der Waals surface area contributed by atoms with Crippen LogP contribution in [0, 0.1) is 20.8 Å². The highest BCUT2D eigenvalue weighted by atomic mass is 15.2. The van der Waals surface area contributed by atoms with Gasteiger partial charge in [0, 0.05) is 33.5 Å². The highest BCUT2D eigenvalue weighted by Gasteiger charge is 2.26. The maximum Gasteiger partial charge on any atom is 0.0546 e. The van der Waals surface area contributed by atoms with Crippen LogP contribution in [0.5, 0.6) is 0 Å². The monoisotopic (exact) mass is 820 g/mol. The van der Waals surface area contributed by atoms with E-state index < -0.39 is 0 Å². The molecular weight excluding hydrogens is 761 g/mol. The van der Waals surface area contributed by atoms with Crippen LogP contribution in [0.25, 0.3) is 32.3 Å². The second kappa shape index (κ2) is 15.7. The molecule has 0 unspecified atom stereocenters. The first kappa shape index (κ1) is 38.8. The number of benzene rings is 8. The Labute approximate surface area is 374 Å². The quantitative estimate of drug-likeness (QED) is 0.154. The second-order valence-corrected chi connectivity index (χ2v) is 19.7. The van der Waals surface area contributed by atoms with Crippen molar-refractivity contribution in [3.8, 4) is 0 Å². The van der Waals surface area contributed by atoms with E-state index in [-0.39, 0.29) is 0 Å². The molecule has 12 rings (SSSR count). The summed E-state index contributed by atoms with van der Waals surface area (Å²) in [5.41, 5.74) is 23.8. The van der Waals surface area contributed by atoms with E-state index in [1.54, 1.807) is 0 Å². The Morgan fingerprint density at radius 1 is 0.270 bits per heavy atom. The minimum atomic E-state index is 1.16. The zero-order valence-electron chi connectivity index (χ0n) is 37.7. The van der Waals surface area contributed by atoms with Gasteiger partial charge in [-0.3, -0.25) is 0 Å². The van der Waals surface area contributed by atoms with E-state index in [0.717, 1.165) is 25.7 Å². The smallest absolute Gasteiger partial charge is 0.0546 e. The molecule has 0 atom stereocenters. The Morgan fingerprint density at radius 3 is 0.984 bits per heavy atom. The van der Waals surface area contributed by atoms with E-state index in [9.17, 15) is 0 Å². The van der Waals surface area contributed by atoms with Gasteiger partial charge >= 0.3 is 0 Å². The van der Waals surface area contributed by atoms with Gasteiger partial charge in [-0.15, -0.1) is 0 Å². The van der Waals surface area contributed by atoms with Gasteiger partial charge in [0.2, 0.25) is 0 Å². The Kier molecular flexibility index (Phi) is 9.69. The molecule has 0 saturated heterocycles. The second-order valence-electron chi connectivity index (χ2n) is 19.7. The molecule has 314 valence electrons. The number of hydrogen-bond donors (Lipinski definition) is 0. The van der Waals surface area contributed by atoms with Crippen LogP contribution < -0.4 is 9.80 Å². The molecule has 0 aliphatic heterocycles. The van der Waals surface area contributed by atoms with Crippen LogP contribution in [0.15, 0.2) is 115 Å². The van der Waals surface area contributed by atoms with Crippen molar-refractivity contribution < 1.29 is 0 Å². The summed E-state index contributed by atoms with van der Waals surface area (Å²) in [6.45, 7) is 6.87. The fraction of sp³-hybridized carbons (Fsp3) is 0.311. The van der Waals surface area contributed by atoms with Gasteiger partial charge in [-0.05, 0) is 273 Å². The zero-order valence-corrected chi connectivity index (χ0v) is 37.7. The van der Waals surface area contributed by atoms with E-state index >= 15 is 0 Å². The van der Waals surface area contributed by atoms with E-state index in [2.05, 4.69) is 146 Å². The van der Waals surface area contributed by atoms with Crippen molar-refractivity contribution in [2.24, 2.45) is 0 Å². The Bertz CT molecular complexity index is 3010. The van der Waals surface area contributed by atoms with Crippen LogP contribution in [0.1, 0.15) is 113 Å². The Morgan fingerprint density at radius 2 is 0.587 bits per heavy atom. The van der Waals surface area contributed by atoms with Crippen LogP contribution in [-0.2, 0) is 51.4 Å². The van der Waals surface area contributed by atoms with Crippen LogP contribution >= 0.6 is 0 Å². The standard InChI is InChI=1S/C61H60N2/c1-39-20-29-54-56-37-61(63(52-27-23-44-14-6-10-18-48(44)35-52)53-28-24-45-15-7-11-19-49(45)36-53)59-32-41(3)40(2)31-55(59)57(56)38-60(58(54)30-39)62(50-25-21-42-12-4-8-16-46(42)33-50)51-26-22-43-13-5-9-17-47(43)34-51/h20-38H,4-19H2,1-3H3. The maximum absolute atomic E-state index is 2.63. The lowest BCUT2D eigenvalue weighted by atomic mass is 9.88. The third-order valence-corrected chi connectivity index (χ3v) is 15.6. The molecule has 0 aromatic heterocycles. The lowest BCUT2D eigenvalue weighted by molar-refractivity contribution is 0.685. The summed E-state index contributed by atoms with van der Waals surface area (Å²) in [6, 6.07) is 46.9. The molecule has 0 fully saturated rings. The summed E-state index contributed by atoms with van der Waals surface area (Å²) < 4.78 is 0. The molecule has 8 aromatic carbocycles. The highest BCUT2D eigenvalue weighted by molar-refractivity contribution is 6.25. The molecule has 8 aromatic rings. The predicted octanol–water partition coefficient (Wildman–Crippen LogP) is 16.5. The fourth-order valence-electron chi connectivity index (χ4n) is 12.0. The minimum absolute atomic E-state index is 1.16. The van der Waals surface area contributed by atoms with Crippen molar-refractivity contribution in [1.29, 1.82) is 0 Å². The van der Waals surface area contributed by atoms with Crippen molar-refractivity contribution in [3.05, 3.63) is 176 Å². The number of aryl methyl sites for hydroxylation is 11. The molecule has 0 spiro atoms. The summed E-state index contributed by atoms with van der Waals surface area (Å²) in [6.07, 6.45) is 19.7. The summed E-state index contributed by atoms with van der Waals surface area (Å²) in [7, 11) is 0. The van der Waals surface area contributed by atoms with Crippen molar-refractivity contribution >= 4 is 66.4 Å². The van der Waals surface area contributed by atoms with Crippen LogP contribution in [-0.4, -0.2) is 0 Å². The van der Waals surface area contributed by atoms with E-state index in [4.69, 9.17) is 0 Å². The first-order chi connectivity index (χ1) is 30.9. The molecule has 0 heterocycles. The normalized spacial score (nSPS) is 15.8. The molecule has 4 aliphatic rings. The summed E-state index contributed by atoms with van der Waals surface area (Å²) in [5, 5.41) is 7.89. The van der Waals surface area contributed by atoms with Gasteiger partial charge in [-0.2, -0.15) is 0 Å². The van der Waals surface area contributed by atoms with Crippen molar-refractivity contribution in [3.63, 3.8) is 0 Å². The van der Waals surface area contributed by atoms with Crippen LogP contribution in [0.3, 0.4) is 0 Å². The average molecular weight is 821 g/mol. The topological polar surface area (TPSA) is 6.48 Å². The van der Waals surface area contributed by atoms with Crippen molar-refractivity contribution in [2.75, 3.05) is 9.80 Å². The largest absolute Gasteiger partial charge is 0.310 e. The molecule has 4 aliphatic carbocycles.